The van der Waals surface area contributed by atoms with Gasteiger partial charge >= 0.3 is 5.97 Å². The van der Waals surface area contributed by atoms with Crippen molar-refractivity contribution >= 4 is 11.9 Å². The van der Waals surface area contributed by atoms with Crippen LogP contribution in [0.5, 0.6) is 0 Å². The van der Waals surface area contributed by atoms with Crippen LogP contribution in [0.15, 0.2) is 0 Å². The van der Waals surface area contributed by atoms with Crippen LogP contribution in [0.2, 0.25) is 0 Å². The van der Waals surface area contributed by atoms with E-state index >= 15 is 0 Å². The Kier molecular flexibility index (Phi) is 5.02. The van der Waals surface area contributed by atoms with Crippen molar-refractivity contribution in [2.24, 2.45) is 17.8 Å². The lowest BCUT2D eigenvalue weighted by molar-refractivity contribution is -0.145. The van der Waals surface area contributed by atoms with Crippen LogP contribution in [0.25, 0.3) is 0 Å². The molecule has 2 rings (SSSR count). The number of nitrogens with one attached hydrogen (secondary N) is 2. The molecule has 20 heavy (non-hydrogen) atoms. The summed E-state index contributed by atoms with van der Waals surface area (Å²) in [4.78, 5) is 23.4. The van der Waals surface area contributed by atoms with E-state index in [1.54, 1.807) is 0 Å². The highest BCUT2D eigenvalue weighted by molar-refractivity contribution is 5.81. The van der Waals surface area contributed by atoms with Crippen molar-refractivity contribution in [2.75, 3.05) is 6.54 Å². The standard InChI is InChI=1S/C15H26N2O3/c1-3-4-7-16-14(18)9(2)17-13-11-6-5-10(8-11)12(13)15(19)20/h9-13,17H,3-8H2,1-2H3,(H,16,18)(H,19,20). The van der Waals surface area contributed by atoms with E-state index in [1.807, 2.05) is 6.92 Å². The highest BCUT2D eigenvalue weighted by Gasteiger charge is 2.51. The molecular formula is C15H26N2O3. The van der Waals surface area contributed by atoms with Crippen LogP contribution in [0.1, 0.15) is 46.0 Å². The number of carbonyl (C=O) groups is 2. The summed E-state index contributed by atoms with van der Waals surface area (Å²) in [5.74, 6) is -0.337. The molecule has 2 fully saturated rings. The van der Waals surface area contributed by atoms with Gasteiger partial charge in [-0.2, -0.15) is 0 Å². The minimum Gasteiger partial charge on any atom is -0.481 e. The average Bonchev–Trinajstić information content (AvgIpc) is 2.99. The summed E-state index contributed by atoms with van der Waals surface area (Å²) in [5.41, 5.74) is 0. The van der Waals surface area contributed by atoms with Crippen LogP contribution in [0.4, 0.5) is 0 Å². The zero-order chi connectivity index (χ0) is 14.7. The maximum atomic E-state index is 12.0. The molecule has 0 aromatic heterocycles. The van der Waals surface area contributed by atoms with E-state index in [2.05, 4.69) is 17.6 Å². The number of aliphatic carboxylic acids is 1. The Balaban J connectivity index is 1.88. The molecule has 2 saturated carbocycles. The number of carbonyl (C=O) groups excluding carboxylic acids is 1. The smallest absolute Gasteiger partial charge is 0.308 e. The van der Waals surface area contributed by atoms with Crippen molar-refractivity contribution in [2.45, 2.75) is 58.0 Å². The fraction of sp³-hybridized carbons (Fsp3) is 0.867. The van der Waals surface area contributed by atoms with Gasteiger partial charge in [0.25, 0.3) is 0 Å². The molecule has 0 aromatic rings. The maximum absolute atomic E-state index is 12.0. The van der Waals surface area contributed by atoms with Gasteiger partial charge in [-0.15, -0.1) is 0 Å². The Morgan fingerprint density at radius 3 is 2.65 bits per heavy atom. The Morgan fingerprint density at radius 1 is 1.30 bits per heavy atom. The topological polar surface area (TPSA) is 78.4 Å². The number of rotatable bonds is 7. The first-order valence-corrected chi connectivity index (χ1v) is 7.81. The number of unbranched alkanes of at least 4 members (excludes halogenated alkanes) is 1. The predicted molar refractivity (Wildman–Crippen MR) is 76.3 cm³/mol. The van der Waals surface area contributed by atoms with Crippen LogP contribution in [-0.2, 0) is 9.59 Å². The van der Waals surface area contributed by atoms with Crippen LogP contribution in [0, 0.1) is 17.8 Å². The molecule has 0 spiro atoms. The number of hydrogen-bond donors (Lipinski definition) is 3. The van der Waals surface area contributed by atoms with Gasteiger partial charge in [0.05, 0.1) is 12.0 Å². The van der Waals surface area contributed by atoms with Gasteiger partial charge in [0.15, 0.2) is 0 Å². The third kappa shape index (κ3) is 3.14. The molecule has 0 saturated heterocycles. The third-order valence-corrected chi connectivity index (χ3v) is 4.87. The van der Waals surface area contributed by atoms with Crippen molar-refractivity contribution < 1.29 is 14.7 Å². The normalized spacial score (nSPS) is 33.1. The van der Waals surface area contributed by atoms with Gasteiger partial charge in [0.2, 0.25) is 5.91 Å². The van der Waals surface area contributed by atoms with Gasteiger partial charge in [-0.3, -0.25) is 9.59 Å². The van der Waals surface area contributed by atoms with Gasteiger partial charge in [-0.05, 0) is 44.4 Å². The van der Waals surface area contributed by atoms with E-state index in [4.69, 9.17) is 0 Å². The third-order valence-electron chi connectivity index (χ3n) is 4.87. The number of hydrogen-bond acceptors (Lipinski definition) is 3. The molecule has 1 amide bonds. The second-order valence-electron chi connectivity index (χ2n) is 6.26. The van der Waals surface area contributed by atoms with Crippen molar-refractivity contribution in [1.29, 1.82) is 0 Å². The number of carboxylic acid groups (broad SMARTS) is 1. The van der Waals surface area contributed by atoms with Gasteiger partial charge in [0, 0.05) is 12.6 Å². The van der Waals surface area contributed by atoms with E-state index in [0.29, 0.717) is 18.4 Å². The molecule has 2 aliphatic rings. The van der Waals surface area contributed by atoms with Crippen LogP contribution in [-0.4, -0.2) is 35.6 Å². The molecular weight excluding hydrogens is 256 g/mol. The Bertz CT molecular complexity index is 372. The molecule has 5 unspecified atom stereocenters. The van der Waals surface area contributed by atoms with E-state index in [9.17, 15) is 14.7 Å². The molecule has 2 aliphatic carbocycles. The summed E-state index contributed by atoms with van der Waals surface area (Å²) in [6.07, 6.45) is 5.14. The fourth-order valence-electron chi connectivity index (χ4n) is 3.79. The SMILES string of the molecule is CCCCNC(=O)C(C)NC1C2CCC(C2)C1C(=O)O. The molecule has 0 aliphatic heterocycles. The zero-order valence-corrected chi connectivity index (χ0v) is 12.4. The van der Waals surface area contributed by atoms with Gasteiger partial charge in [0.1, 0.15) is 0 Å². The zero-order valence-electron chi connectivity index (χ0n) is 12.4. The summed E-state index contributed by atoms with van der Waals surface area (Å²) >= 11 is 0. The van der Waals surface area contributed by atoms with E-state index in [-0.39, 0.29) is 23.9 Å². The molecule has 5 nitrogen and oxygen atoms in total. The Hall–Kier alpha value is -1.10. The van der Waals surface area contributed by atoms with Crippen molar-refractivity contribution in [1.82, 2.24) is 10.6 Å². The molecule has 2 bridgehead atoms. The van der Waals surface area contributed by atoms with Crippen LogP contribution < -0.4 is 10.6 Å². The quantitative estimate of drug-likeness (QED) is 0.616. The van der Waals surface area contributed by atoms with Gasteiger partial charge in [-0.1, -0.05) is 13.3 Å². The first kappa shape index (κ1) is 15.3. The summed E-state index contributed by atoms with van der Waals surface area (Å²) in [5, 5.41) is 15.6. The first-order chi connectivity index (χ1) is 9.54. The molecule has 0 aromatic carbocycles. The van der Waals surface area contributed by atoms with Gasteiger partial charge in [-0.25, -0.2) is 0 Å². The Morgan fingerprint density at radius 2 is 2.00 bits per heavy atom. The van der Waals surface area contributed by atoms with E-state index in [0.717, 1.165) is 32.1 Å². The molecule has 0 heterocycles. The van der Waals surface area contributed by atoms with Gasteiger partial charge < -0.3 is 15.7 Å². The van der Waals surface area contributed by atoms with Crippen LogP contribution in [0.3, 0.4) is 0 Å². The molecule has 0 radical (unpaired) electrons. The summed E-state index contributed by atoms with van der Waals surface area (Å²) in [7, 11) is 0. The first-order valence-electron chi connectivity index (χ1n) is 7.81. The molecule has 3 N–H and O–H groups in total. The molecule has 5 heteroatoms. The Labute approximate surface area is 120 Å². The second-order valence-corrected chi connectivity index (χ2v) is 6.26. The highest BCUT2D eigenvalue weighted by Crippen LogP contribution is 2.48. The number of carboxylic acids is 1. The van der Waals surface area contributed by atoms with Crippen molar-refractivity contribution in [3.63, 3.8) is 0 Å². The van der Waals surface area contributed by atoms with Crippen molar-refractivity contribution in [3.05, 3.63) is 0 Å². The molecule has 114 valence electrons. The number of amides is 1. The lowest BCUT2D eigenvalue weighted by Crippen LogP contribution is -2.52. The fourth-order valence-corrected chi connectivity index (χ4v) is 3.79. The lowest BCUT2D eigenvalue weighted by atomic mass is 9.84. The summed E-state index contributed by atoms with van der Waals surface area (Å²) in [6.45, 7) is 4.60. The molecule has 5 atom stereocenters. The van der Waals surface area contributed by atoms with Crippen molar-refractivity contribution in [3.8, 4) is 0 Å². The van der Waals surface area contributed by atoms with E-state index < -0.39 is 5.97 Å². The van der Waals surface area contributed by atoms with Crippen LogP contribution >= 0.6 is 0 Å². The maximum Gasteiger partial charge on any atom is 0.308 e. The lowest BCUT2D eigenvalue weighted by Gasteiger charge is -2.31. The minimum atomic E-state index is -0.715. The number of fused-ring (bicyclic) bond motifs is 2. The predicted octanol–water partition coefficient (Wildman–Crippen LogP) is 1.38. The van der Waals surface area contributed by atoms with E-state index in [1.165, 1.54) is 0 Å². The minimum absolute atomic E-state index is 0.0228. The average molecular weight is 282 g/mol. The second kappa shape index (κ2) is 6.57. The largest absolute Gasteiger partial charge is 0.481 e. The summed E-state index contributed by atoms with van der Waals surface area (Å²) in [6, 6.07) is -0.365. The summed E-state index contributed by atoms with van der Waals surface area (Å²) < 4.78 is 0. The monoisotopic (exact) mass is 282 g/mol. The highest BCUT2D eigenvalue weighted by atomic mass is 16.4.